The van der Waals surface area contributed by atoms with Gasteiger partial charge in [0.2, 0.25) is 17.7 Å². The minimum atomic E-state index is -2.68. The molecule has 4 fully saturated rings. The van der Waals surface area contributed by atoms with Crippen molar-refractivity contribution in [3.63, 3.8) is 0 Å². The van der Waals surface area contributed by atoms with Crippen molar-refractivity contribution in [2.24, 2.45) is 11.3 Å². The Kier molecular flexibility index (Phi) is 15.0. The highest BCUT2D eigenvalue weighted by atomic mass is 19.3. The number of piperidine rings is 1. The number of carbonyl (C=O) groups excluding carboxylic acids is 2. The molecule has 2 aliphatic heterocycles. The highest BCUT2D eigenvalue weighted by Gasteiger charge is 2.65. The number of fused-ring (bicyclic) bond motifs is 1. The van der Waals surface area contributed by atoms with Crippen molar-refractivity contribution in [1.29, 1.82) is 10.8 Å². The lowest BCUT2D eigenvalue weighted by molar-refractivity contribution is -0.130. The summed E-state index contributed by atoms with van der Waals surface area (Å²) in [7, 11) is 0. The number of hydrogen-bond donors (Lipinski definition) is 4. The van der Waals surface area contributed by atoms with Crippen LogP contribution in [0, 0.1) is 34.5 Å². The smallest absolute Gasteiger partial charge is 0.248 e. The normalized spacial score (nSPS) is 24.9. The van der Waals surface area contributed by atoms with Gasteiger partial charge in [0.15, 0.2) is 0 Å². The van der Waals surface area contributed by atoms with E-state index >= 15 is 0 Å². The number of unbranched alkanes of at least 4 members (excludes halogenated alkanes) is 3. The molecule has 1 aromatic carbocycles. The zero-order valence-corrected chi connectivity index (χ0v) is 32.7. The van der Waals surface area contributed by atoms with Crippen LogP contribution in [-0.4, -0.2) is 120 Å². The molecule has 4 atom stereocenters. The van der Waals surface area contributed by atoms with Crippen molar-refractivity contribution in [2.75, 3.05) is 58.9 Å². The molecule has 0 radical (unpaired) electrons. The summed E-state index contributed by atoms with van der Waals surface area (Å²) in [6.07, 6.45) is 12.7. The number of benzene rings is 1. The van der Waals surface area contributed by atoms with E-state index in [1.165, 1.54) is 12.8 Å². The van der Waals surface area contributed by atoms with Crippen molar-refractivity contribution in [2.45, 2.75) is 121 Å². The molecule has 0 aromatic heterocycles. The Morgan fingerprint density at radius 2 is 1.65 bits per heavy atom. The first-order valence-corrected chi connectivity index (χ1v) is 20.4. The molecule has 0 spiro atoms. The zero-order valence-electron chi connectivity index (χ0n) is 32.7. The highest BCUT2D eigenvalue weighted by molar-refractivity contribution is 5.98. The van der Waals surface area contributed by atoms with Gasteiger partial charge < -0.3 is 25.3 Å². The summed E-state index contributed by atoms with van der Waals surface area (Å²) in [5, 5.41) is 23.9. The molecule has 4 aliphatic rings. The van der Waals surface area contributed by atoms with Gasteiger partial charge in [-0.3, -0.25) is 25.3 Å². The number of carbonyl (C=O) groups is 2. The van der Waals surface area contributed by atoms with Gasteiger partial charge in [0.1, 0.15) is 5.84 Å². The lowest BCUT2D eigenvalue weighted by atomic mass is 9.86. The fourth-order valence-corrected chi connectivity index (χ4v) is 8.91. The Hall–Kier alpha value is -3.40. The number of alkyl halides is 2. The summed E-state index contributed by atoms with van der Waals surface area (Å²) in [4.78, 5) is 35.3. The van der Waals surface area contributed by atoms with E-state index in [1.807, 2.05) is 35.2 Å². The molecule has 2 heterocycles. The zero-order chi connectivity index (χ0) is 38.7. The number of nitrogens with zero attached hydrogens (tertiary/aromatic N) is 4. The largest absolute Gasteiger partial charge is 0.356 e. The molecule has 4 N–H and O–H groups in total. The van der Waals surface area contributed by atoms with Crippen LogP contribution in [0.5, 0.6) is 0 Å². The first-order chi connectivity index (χ1) is 25.9. The van der Waals surface area contributed by atoms with Crippen molar-refractivity contribution in [3.05, 3.63) is 35.9 Å². The van der Waals surface area contributed by atoms with Gasteiger partial charge in [-0.2, -0.15) is 0 Å². The van der Waals surface area contributed by atoms with Crippen LogP contribution in [0.3, 0.4) is 0 Å². The van der Waals surface area contributed by atoms with E-state index in [2.05, 4.69) is 38.2 Å². The molecule has 5 rings (SSSR count). The predicted molar refractivity (Wildman–Crippen MR) is 211 cm³/mol. The third-order valence-corrected chi connectivity index (χ3v) is 12.4. The summed E-state index contributed by atoms with van der Waals surface area (Å²) in [5.41, 5.74) is 0.930. The van der Waals surface area contributed by atoms with Crippen LogP contribution < -0.4 is 10.6 Å². The van der Waals surface area contributed by atoms with E-state index in [1.54, 1.807) is 6.92 Å². The number of halogens is 2. The van der Waals surface area contributed by atoms with Crippen LogP contribution in [0.2, 0.25) is 0 Å². The van der Waals surface area contributed by atoms with Gasteiger partial charge in [0, 0.05) is 95.3 Å². The van der Waals surface area contributed by atoms with Crippen molar-refractivity contribution < 1.29 is 18.4 Å². The second-order valence-electron chi connectivity index (χ2n) is 16.4. The summed E-state index contributed by atoms with van der Waals surface area (Å²) in [6.45, 7) is 12.4. The third-order valence-electron chi connectivity index (χ3n) is 12.4. The van der Waals surface area contributed by atoms with E-state index in [-0.39, 0.29) is 67.8 Å². The molecular weight excluding hydrogens is 687 g/mol. The minimum Gasteiger partial charge on any atom is -0.356 e. The molecule has 1 aromatic rings. The predicted octanol–water partition coefficient (Wildman–Crippen LogP) is 5.90. The van der Waals surface area contributed by atoms with Crippen molar-refractivity contribution in [1.82, 2.24) is 30.2 Å². The summed E-state index contributed by atoms with van der Waals surface area (Å²) in [6, 6.07) is 9.88. The quantitative estimate of drug-likeness (QED) is 0.0606. The Morgan fingerprint density at radius 1 is 0.981 bits per heavy atom. The fourth-order valence-electron chi connectivity index (χ4n) is 8.91. The lowest BCUT2D eigenvalue weighted by Crippen LogP contribution is -2.49. The van der Waals surface area contributed by atoms with Gasteiger partial charge in [0.05, 0.1) is 17.9 Å². The molecule has 4 unspecified atom stereocenters. The van der Waals surface area contributed by atoms with Crippen molar-refractivity contribution in [3.8, 4) is 12.3 Å². The number of amides is 2. The average molecular weight is 751 g/mol. The second-order valence-corrected chi connectivity index (χ2v) is 16.4. The Balaban J connectivity index is 1.04. The minimum absolute atomic E-state index is 0.0434. The Morgan fingerprint density at radius 3 is 2.30 bits per heavy atom. The first-order valence-electron chi connectivity index (χ1n) is 20.4. The molecule has 2 aliphatic carbocycles. The van der Waals surface area contributed by atoms with Gasteiger partial charge in [-0.15, -0.1) is 12.3 Å². The summed E-state index contributed by atoms with van der Waals surface area (Å²) >= 11 is 0. The summed E-state index contributed by atoms with van der Waals surface area (Å²) in [5.74, 6) is 0.0543. The number of hydrogen-bond acceptors (Lipinski definition) is 7. The number of nitrogens with one attached hydrogen (secondary N) is 4. The van der Waals surface area contributed by atoms with Gasteiger partial charge >= 0.3 is 0 Å². The molecule has 298 valence electrons. The monoisotopic (exact) mass is 751 g/mol. The Labute approximate surface area is 322 Å². The number of rotatable bonds is 19. The third kappa shape index (κ3) is 11.6. The molecule has 10 nitrogen and oxygen atoms in total. The number of terminal acetylenes is 1. The number of amidine groups is 2. The molecule has 12 heteroatoms. The van der Waals surface area contributed by atoms with Crippen LogP contribution in [0.1, 0.15) is 109 Å². The molecule has 54 heavy (non-hydrogen) atoms. The Bertz CT molecular complexity index is 1450. The fraction of sp³-hybridized carbons (Fsp3) is 0.714. The van der Waals surface area contributed by atoms with E-state index in [4.69, 9.17) is 17.2 Å². The topological polar surface area (TPSA) is 119 Å². The van der Waals surface area contributed by atoms with Crippen molar-refractivity contribution >= 4 is 23.5 Å². The van der Waals surface area contributed by atoms with E-state index in [0.29, 0.717) is 37.2 Å². The maximum absolute atomic E-state index is 13.8. The summed E-state index contributed by atoms with van der Waals surface area (Å²) < 4.78 is 27.5. The second kappa shape index (κ2) is 19.5. The standard InChI is InChI=1S/C42H64F2N8O2/c1-4-5-6-7-11-23-49-26-28-50(29-27-49)24-12-22-47-39(53)16-15-38(46)52(32(2)45)37-31-51(36-30-41(36,37)3)25-19-35(33-13-9-8-10-14-33)48-40(54)34-17-20-42(43,44)21-18-34/h1,8-10,13-14,34-37,45-46H,5-7,11-12,15-31H2,2-3H3,(H,47,53)(H,48,54). The van der Waals surface area contributed by atoms with Gasteiger partial charge in [-0.25, -0.2) is 8.78 Å². The van der Waals surface area contributed by atoms with E-state index in [9.17, 15) is 18.4 Å². The molecular formula is C42H64F2N8O2. The molecule has 2 saturated carbocycles. The van der Waals surface area contributed by atoms with Gasteiger partial charge in [-0.05, 0) is 70.5 Å². The SMILES string of the molecule is C#CCCCCCN1CCN(CCCNC(=O)CCC(=N)N(C(C)=N)C2CN(CCC(NC(=O)C3CCC(F)(F)CC3)c3ccccc3)C3CC32C)CC1. The first kappa shape index (κ1) is 41.8. The average Bonchev–Trinajstić information content (AvgIpc) is 3.77. The maximum Gasteiger partial charge on any atom is 0.248 e. The van der Waals surface area contributed by atoms with Gasteiger partial charge in [-0.1, -0.05) is 43.7 Å². The molecule has 0 bridgehead atoms. The number of likely N-dealkylation sites (tertiary alicyclic amines) is 1. The number of piperazine rings is 1. The van der Waals surface area contributed by atoms with E-state index < -0.39 is 11.8 Å². The van der Waals surface area contributed by atoms with Gasteiger partial charge in [0.25, 0.3) is 0 Å². The van der Waals surface area contributed by atoms with Crippen LogP contribution >= 0.6 is 0 Å². The van der Waals surface area contributed by atoms with Crippen LogP contribution in [0.4, 0.5) is 8.78 Å². The van der Waals surface area contributed by atoms with Crippen LogP contribution in [0.25, 0.3) is 0 Å². The maximum atomic E-state index is 13.8. The van der Waals surface area contributed by atoms with E-state index in [0.717, 1.165) is 77.1 Å². The van der Waals surface area contributed by atoms with Crippen LogP contribution in [0.15, 0.2) is 30.3 Å². The highest BCUT2D eigenvalue weighted by Crippen LogP contribution is 2.58. The molecule has 2 amide bonds. The lowest BCUT2D eigenvalue weighted by Gasteiger charge is -2.35. The van der Waals surface area contributed by atoms with Crippen LogP contribution in [-0.2, 0) is 9.59 Å². The molecule has 2 saturated heterocycles.